The van der Waals surface area contributed by atoms with Crippen LogP contribution in [0.15, 0.2) is 54.7 Å². The van der Waals surface area contributed by atoms with Crippen LogP contribution in [0.3, 0.4) is 0 Å². The second-order valence-electron chi connectivity index (χ2n) is 5.53. The number of nitrogens with zero attached hydrogens (tertiary/aromatic N) is 4. The zero-order valence-corrected chi connectivity index (χ0v) is 14.1. The van der Waals surface area contributed by atoms with Gasteiger partial charge in [0, 0.05) is 22.8 Å². The van der Waals surface area contributed by atoms with Crippen LogP contribution in [-0.2, 0) is 6.54 Å². The lowest BCUT2D eigenvalue weighted by molar-refractivity contribution is 0.527. The molecule has 0 atom stereocenters. The summed E-state index contributed by atoms with van der Waals surface area (Å²) in [5, 5.41) is 3.48. The summed E-state index contributed by atoms with van der Waals surface area (Å²) in [6.07, 6.45) is 1.87. The quantitative estimate of drug-likeness (QED) is 0.542. The van der Waals surface area contributed by atoms with Gasteiger partial charge in [-0.25, -0.2) is 4.98 Å². The Kier molecular flexibility index (Phi) is 4.22. The summed E-state index contributed by atoms with van der Waals surface area (Å²) in [6.45, 7) is 0.228. The van der Waals surface area contributed by atoms with Crippen LogP contribution in [0.2, 0.25) is 5.02 Å². The molecule has 4 rings (SSSR count). The largest absolute Gasteiger partial charge is 0.348 e. The summed E-state index contributed by atoms with van der Waals surface area (Å²) in [5.74, 6) is -2.00. The second-order valence-corrected chi connectivity index (χ2v) is 5.97. The molecule has 26 heavy (non-hydrogen) atoms. The first-order valence-electron chi connectivity index (χ1n) is 7.76. The van der Waals surface area contributed by atoms with E-state index in [9.17, 15) is 8.78 Å². The third-order valence-corrected chi connectivity index (χ3v) is 4.08. The predicted molar refractivity (Wildman–Crippen MR) is 94.9 cm³/mol. The topological polar surface area (TPSA) is 55.1 Å². The zero-order chi connectivity index (χ0) is 18.1. The molecular weight excluding hydrogens is 360 g/mol. The average molecular weight is 372 g/mol. The fraction of sp³-hybridized carbons (Fsp3) is 0.0556. The molecule has 0 saturated carbocycles. The van der Waals surface area contributed by atoms with Gasteiger partial charge in [-0.2, -0.15) is 18.7 Å². The van der Waals surface area contributed by atoms with Crippen molar-refractivity contribution in [3.63, 3.8) is 0 Å². The van der Waals surface area contributed by atoms with Crippen LogP contribution in [-0.4, -0.2) is 19.4 Å². The molecule has 0 aliphatic rings. The molecule has 5 nitrogen and oxygen atoms in total. The third kappa shape index (κ3) is 3.21. The van der Waals surface area contributed by atoms with Gasteiger partial charge in [-0.15, -0.1) is 0 Å². The molecule has 3 aromatic heterocycles. The maximum atomic E-state index is 13.3. The molecule has 0 spiro atoms. The van der Waals surface area contributed by atoms with Gasteiger partial charge in [-0.3, -0.25) is 0 Å². The van der Waals surface area contributed by atoms with Crippen molar-refractivity contribution in [2.45, 2.75) is 6.54 Å². The molecule has 1 aromatic carbocycles. The first-order chi connectivity index (χ1) is 12.6. The van der Waals surface area contributed by atoms with Crippen molar-refractivity contribution in [3.05, 3.63) is 77.3 Å². The Balaban J connectivity index is 1.75. The Labute approximate surface area is 152 Å². The molecule has 0 unspecified atom stereocenters. The second kappa shape index (κ2) is 6.68. The van der Waals surface area contributed by atoms with Crippen molar-refractivity contribution < 1.29 is 8.78 Å². The highest BCUT2D eigenvalue weighted by Crippen LogP contribution is 2.26. The Morgan fingerprint density at radius 3 is 2.42 bits per heavy atom. The number of hydrogen-bond donors (Lipinski definition) is 1. The molecule has 0 amide bonds. The number of benzene rings is 1. The minimum Gasteiger partial charge on any atom is -0.348 e. The van der Waals surface area contributed by atoms with E-state index in [0.29, 0.717) is 11.1 Å². The van der Waals surface area contributed by atoms with Gasteiger partial charge in [-0.05, 0) is 24.3 Å². The molecule has 1 N–H and O–H groups in total. The van der Waals surface area contributed by atoms with Crippen molar-refractivity contribution in [3.8, 4) is 11.3 Å². The minimum atomic E-state index is -0.934. The number of hydrogen-bond acceptors (Lipinski definition) is 4. The number of pyridine rings is 1. The van der Waals surface area contributed by atoms with Gasteiger partial charge in [0.2, 0.25) is 17.8 Å². The molecule has 0 bridgehead atoms. The zero-order valence-electron chi connectivity index (χ0n) is 13.3. The Morgan fingerprint density at radius 2 is 1.69 bits per heavy atom. The van der Waals surface area contributed by atoms with E-state index in [4.69, 9.17) is 11.6 Å². The van der Waals surface area contributed by atoms with Gasteiger partial charge >= 0.3 is 0 Å². The number of halogens is 3. The molecule has 0 aliphatic carbocycles. The first kappa shape index (κ1) is 16.4. The number of anilines is 1. The van der Waals surface area contributed by atoms with Gasteiger partial charge in [0.1, 0.15) is 5.65 Å². The fourth-order valence-corrected chi connectivity index (χ4v) is 2.81. The van der Waals surface area contributed by atoms with Crippen LogP contribution in [0.4, 0.5) is 14.7 Å². The molecule has 4 aromatic rings. The molecule has 0 radical (unpaired) electrons. The summed E-state index contributed by atoms with van der Waals surface area (Å²) >= 11 is 5.96. The Bertz CT molecular complexity index is 1060. The van der Waals surface area contributed by atoms with E-state index in [1.54, 1.807) is 12.1 Å². The molecule has 8 heteroatoms. The maximum Gasteiger partial charge on any atom is 0.228 e. The number of nitrogens with one attached hydrogen (secondary N) is 1. The summed E-state index contributed by atoms with van der Waals surface area (Å²) in [4.78, 5) is 11.8. The van der Waals surface area contributed by atoms with Gasteiger partial charge in [0.25, 0.3) is 0 Å². The van der Waals surface area contributed by atoms with Crippen LogP contribution in [0.1, 0.15) is 5.69 Å². The lowest BCUT2D eigenvalue weighted by atomic mass is 10.1. The van der Waals surface area contributed by atoms with Crippen molar-refractivity contribution >= 4 is 23.2 Å². The highest BCUT2D eigenvalue weighted by Gasteiger charge is 2.14. The van der Waals surface area contributed by atoms with E-state index in [1.165, 1.54) is 0 Å². The van der Waals surface area contributed by atoms with E-state index >= 15 is 0 Å². The van der Waals surface area contributed by atoms with Crippen LogP contribution in [0.25, 0.3) is 16.9 Å². The first-order valence-corrected chi connectivity index (χ1v) is 8.14. The van der Waals surface area contributed by atoms with Gasteiger partial charge < -0.3 is 9.72 Å². The highest BCUT2D eigenvalue weighted by atomic mass is 35.5. The number of fused-ring (bicyclic) bond motifs is 1. The van der Waals surface area contributed by atoms with Crippen molar-refractivity contribution in [2.75, 3.05) is 5.32 Å². The number of rotatable bonds is 4. The summed E-state index contributed by atoms with van der Waals surface area (Å²) < 4.78 is 28.4. The van der Waals surface area contributed by atoms with Gasteiger partial charge in [0.15, 0.2) is 0 Å². The normalized spacial score (nSPS) is 11.0. The Morgan fingerprint density at radius 1 is 0.962 bits per heavy atom. The van der Waals surface area contributed by atoms with E-state index in [0.717, 1.165) is 22.6 Å². The molecule has 130 valence electrons. The smallest absolute Gasteiger partial charge is 0.228 e. The summed E-state index contributed by atoms with van der Waals surface area (Å²) in [5.41, 5.74) is 3.16. The van der Waals surface area contributed by atoms with Crippen LogP contribution in [0, 0.1) is 11.9 Å². The van der Waals surface area contributed by atoms with Crippen LogP contribution in [0.5, 0.6) is 0 Å². The van der Waals surface area contributed by atoms with E-state index < -0.39 is 11.9 Å². The molecule has 0 fully saturated rings. The van der Waals surface area contributed by atoms with Crippen molar-refractivity contribution in [2.24, 2.45) is 0 Å². The Hall–Kier alpha value is -3.06. The SMILES string of the molecule is Fc1cc(F)nc(NCc2c(-c3ccc(Cl)cc3)nc3ccccn23)n1. The number of aromatic nitrogens is 4. The average Bonchev–Trinajstić information content (AvgIpc) is 2.98. The van der Waals surface area contributed by atoms with Crippen LogP contribution < -0.4 is 5.32 Å². The summed E-state index contributed by atoms with van der Waals surface area (Å²) in [7, 11) is 0. The third-order valence-electron chi connectivity index (χ3n) is 3.82. The monoisotopic (exact) mass is 371 g/mol. The van der Waals surface area contributed by atoms with E-state index in [1.807, 2.05) is 40.9 Å². The summed E-state index contributed by atoms with van der Waals surface area (Å²) in [6, 6.07) is 13.6. The number of imidazole rings is 1. The van der Waals surface area contributed by atoms with Crippen LogP contribution >= 0.6 is 11.6 Å². The van der Waals surface area contributed by atoms with Crippen molar-refractivity contribution in [1.29, 1.82) is 0 Å². The van der Waals surface area contributed by atoms with Gasteiger partial charge in [-0.1, -0.05) is 29.8 Å². The van der Waals surface area contributed by atoms with E-state index in [2.05, 4.69) is 20.3 Å². The molecule has 0 saturated heterocycles. The lowest BCUT2D eigenvalue weighted by Crippen LogP contribution is -2.08. The maximum absolute atomic E-state index is 13.3. The molecular formula is C18H12ClF2N5. The van der Waals surface area contributed by atoms with E-state index in [-0.39, 0.29) is 12.5 Å². The van der Waals surface area contributed by atoms with Crippen molar-refractivity contribution in [1.82, 2.24) is 19.4 Å². The standard InChI is InChI=1S/C18H12ClF2N5/c19-12-6-4-11(5-7-12)17-13(26-8-2-1-3-16(26)25-17)10-22-18-23-14(20)9-15(21)24-18/h1-9H,10H2,(H,22,23,24). The fourth-order valence-electron chi connectivity index (χ4n) is 2.69. The molecule has 0 aliphatic heterocycles. The molecule has 3 heterocycles. The lowest BCUT2D eigenvalue weighted by Gasteiger charge is -2.08. The predicted octanol–water partition coefficient (Wildman–Crippen LogP) is 4.34. The van der Waals surface area contributed by atoms with Gasteiger partial charge in [0.05, 0.1) is 17.9 Å². The highest BCUT2D eigenvalue weighted by molar-refractivity contribution is 6.30. The minimum absolute atomic E-state index is 0.129.